The average Bonchev–Trinajstić information content (AvgIpc) is 2.53. The van der Waals surface area contributed by atoms with Gasteiger partial charge in [0.1, 0.15) is 0 Å². The molecule has 0 saturated carbocycles. The first-order valence-corrected chi connectivity index (χ1v) is 8.61. The quantitative estimate of drug-likeness (QED) is 0.413. The highest BCUT2D eigenvalue weighted by molar-refractivity contribution is 7.98. The lowest BCUT2D eigenvalue weighted by molar-refractivity contribution is 0.690. The summed E-state index contributed by atoms with van der Waals surface area (Å²) in [5.74, 6) is 0. The van der Waals surface area contributed by atoms with Gasteiger partial charge in [-0.3, -0.25) is 0 Å². The molecule has 0 bridgehead atoms. The van der Waals surface area contributed by atoms with Crippen LogP contribution >= 0.6 is 11.8 Å². The summed E-state index contributed by atoms with van der Waals surface area (Å²) >= 11 is 1.86. The largest absolute Gasteiger partial charge is 0.129 e. The first-order valence-electron chi connectivity index (χ1n) is 7.38. The lowest BCUT2D eigenvalue weighted by Crippen LogP contribution is -2.03. The van der Waals surface area contributed by atoms with Gasteiger partial charge in [0.2, 0.25) is 0 Å². The number of hydrogen-bond acceptors (Lipinski definition) is 1. The number of hydrogen-bond donors (Lipinski definition) is 0. The van der Waals surface area contributed by atoms with E-state index in [2.05, 4.69) is 48.7 Å². The maximum atomic E-state index is 2.42. The minimum absolute atomic E-state index is 1.25. The summed E-state index contributed by atoms with van der Waals surface area (Å²) in [7, 11) is 0. The van der Waals surface area contributed by atoms with Crippen molar-refractivity contribution < 1.29 is 0 Å². The van der Waals surface area contributed by atoms with E-state index in [4.69, 9.17) is 0 Å². The van der Waals surface area contributed by atoms with Gasteiger partial charge in [0, 0.05) is 4.90 Å². The maximum Gasteiger partial charge on any atom is 0.0154 e. The smallest absolute Gasteiger partial charge is 0.0154 e. The molecule has 1 aliphatic carbocycles. The Balaban J connectivity index is 2.17. The third-order valence-electron chi connectivity index (χ3n) is 4.56. The van der Waals surface area contributed by atoms with E-state index in [0.717, 1.165) is 0 Å². The summed E-state index contributed by atoms with van der Waals surface area (Å²) in [5, 5.41) is 5.72. The Labute approximate surface area is 124 Å². The number of rotatable bonds is 1. The Morgan fingerprint density at radius 1 is 0.800 bits per heavy atom. The van der Waals surface area contributed by atoms with Gasteiger partial charge in [-0.2, -0.15) is 0 Å². The first kappa shape index (κ1) is 12.3. The van der Waals surface area contributed by atoms with Gasteiger partial charge in [-0.25, -0.2) is 0 Å². The predicted octanol–water partition coefficient (Wildman–Crippen LogP) is 5.59. The third kappa shape index (κ3) is 1.76. The van der Waals surface area contributed by atoms with Gasteiger partial charge in [0.05, 0.1) is 0 Å². The van der Waals surface area contributed by atoms with E-state index in [0.29, 0.717) is 0 Å². The van der Waals surface area contributed by atoms with E-state index in [1.807, 2.05) is 11.8 Å². The highest BCUT2D eigenvalue weighted by Gasteiger charge is 2.14. The number of aryl methyl sites for hydroxylation is 2. The van der Waals surface area contributed by atoms with Crippen LogP contribution < -0.4 is 0 Å². The van der Waals surface area contributed by atoms with Crippen LogP contribution in [-0.2, 0) is 12.8 Å². The van der Waals surface area contributed by atoms with Crippen molar-refractivity contribution in [3.8, 4) is 0 Å². The topological polar surface area (TPSA) is 0 Å². The maximum absolute atomic E-state index is 2.42. The van der Waals surface area contributed by atoms with E-state index in [9.17, 15) is 0 Å². The van der Waals surface area contributed by atoms with Gasteiger partial charge in [0.15, 0.2) is 0 Å². The molecule has 0 fully saturated rings. The summed E-state index contributed by atoms with van der Waals surface area (Å²) in [6, 6.07) is 15.9. The van der Waals surface area contributed by atoms with E-state index in [1.54, 1.807) is 11.1 Å². The molecular weight excluding hydrogens is 260 g/mol. The minimum atomic E-state index is 1.25. The normalized spacial score (nSPS) is 14.7. The molecule has 4 rings (SSSR count). The monoisotopic (exact) mass is 278 g/mol. The molecule has 0 N–H and O–H groups in total. The molecule has 1 heteroatoms. The fourth-order valence-corrected chi connectivity index (χ4v) is 4.20. The number of benzene rings is 3. The molecule has 0 saturated heterocycles. The zero-order valence-corrected chi connectivity index (χ0v) is 12.6. The summed E-state index contributed by atoms with van der Waals surface area (Å²) in [6.45, 7) is 0. The Hall–Kier alpha value is -1.47. The molecule has 0 spiro atoms. The standard InChI is InChI=1S/C19H18S/c1-20-19-12-18-14-7-3-2-6-13(14)10-11-16(18)15-8-4-5-9-17(15)19/h4-5,8-12H,2-3,6-7H2,1H3. The van der Waals surface area contributed by atoms with Crippen LogP contribution in [0.2, 0.25) is 0 Å². The van der Waals surface area contributed by atoms with E-state index in [-0.39, 0.29) is 0 Å². The second kappa shape index (κ2) is 4.82. The van der Waals surface area contributed by atoms with Crippen molar-refractivity contribution in [1.29, 1.82) is 0 Å². The minimum Gasteiger partial charge on any atom is -0.129 e. The molecule has 20 heavy (non-hydrogen) atoms. The van der Waals surface area contributed by atoms with Crippen LogP contribution in [0.1, 0.15) is 24.0 Å². The molecule has 100 valence electrons. The number of fused-ring (bicyclic) bond motifs is 5. The lowest BCUT2D eigenvalue weighted by atomic mass is 9.86. The highest BCUT2D eigenvalue weighted by atomic mass is 32.2. The zero-order valence-electron chi connectivity index (χ0n) is 11.8. The van der Waals surface area contributed by atoms with Gasteiger partial charge in [-0.05, 0) is 70.7 Å². The Morgan fingerprint density at radius 2 is 1.55 bits per heavy atom. The van der Waals surface area contributed by atoms with Crippen molar-refractivity contribution in [2.45, 2.75) is 30.6 Å². The fraction of sp³-hybridized carbons (Fsp3) is 0.263. The first-order chi connectivity index (χ1) is 9.88. The van der Waals surface area contributed by atoms with Crippen molar-refractivity contribution in [2.75, 3.05) is 6.26 Å². The molecule has 0 aromatic heterocycles. The van der Waals surface area contributed by atoms with Crippen molar-refractivity contribution >= 4 is 33.3 Å². The van der Waals surface area contributed by atoms with Crippen molar-refractivity contribution in [3.05, 3.63) is 53.6 Å². The van der Waals surface area contributed by atoms with Crippen LogP contribution in [0.15, 0.2) is 47.4 Å². The summed E-state index contributed by atoms with van der Waals surface area (Å²) in [5.41, 5.74) is 3.18. The van der Waals surface area contributed by atoms with Gasteiger partial charge in [-0.1, -0.05) is 36.4 Å². The van der Waals surface area contributed by atoms with Gasteiger partial charge >= 0.3 is 0 Å². The van der Waals surface area contributed by atoms with E-state index in [1.165, 1.54) is 52.1 Å². The Bertz CT molecular complexity index is 802. The fourth-order valence-electron chi connectivity index (χ4n) is 3.57. The summed E-state index contributed by atoms with van der Waals surface area (Å²) < 4.78 is 0. The van der Waals surface area contributed by atoms with E-state index < -0.39 is 0 Å². The van der Waals surface area contributed by atoms with Crippen molar-refractivity contribution in [3.63, 3.8) is 0 Å². The third-order valence-corrected chi connectivity index (χ3v) is 5.33. The summed E-state index contributed by atoms with van der Waals surface area (Å²) in [4.78, 5) is 1.41. The second-order valence-electron chi connectivity index (χ2n) is 5.63. The van der Waals surface area contributed by atoms with Crippen LogP contribution in [0.5, 0.6) is 0 Å². The molecule has 0 amide bonds. The van der Waals surface area contributed by atoms with Crippen LogP contribution in [-0.4, -0.2) is 6.26 Å². The molecule has 3 aromatic rings. The molecule has 0 atom stereocenters. The second-order valence-corrected chi connectivity index (χ2v) is 6.48. The highest BCUT2D eigenvalue weighted by Crippen LogP contribution is 2.37. The van der Waals surface area contributed by atoms with Gasteiger partial charge in [-0.15, -0.1) is 11.8 Å². The molecule has 0 aliphatic heterocycles. The van der Waals surface area contributed by atoms with Crippen molar-refractivity contribution in [1.82, 2.24) is 0 Å². The SMILES string of the molecule is CSc1cc2c3c(ccc2c2ccccc12)CCCC3. The predicted molar refractivity (Wildman–Crippen MR) is 89.9 cm³/mol. The zero-order chi connectivity index (χ0) is 13.5. The van der Waals surface area contributed by atoms with Gasteiger partial charge in [0.25, 0.3) is 0 Å². The Morgan fingerprint density at radius 3 is 2.40 bits per heavy atom. The lowest BCUT2D eigenvalue weighted by Gasteiger charge is -2.19. The summed E-state index contributed by atoms with van der Waals surface area (Å²) in [6.07, 6.45) is 7.38. The molecule has 3 aromatic carbocycles. The van der Waals surface area contributed by atoms with Crippen LogP contribution in [0.25, 0.3) is 21.5 Å². The number of thioether (sulfide) groups is 1. The molecule has 1 aliphatic rings. The van der Waals surface area contributed by atoms with Crippen LogP contribution in [0.3, 0.4) is 0 Å². The molecule has 0 unspecified atom stereocenters. The van der Waals surface area contributed by atoms with Gasteiger partial charge < -0.3 is 0 Å². The molecule has 0 heterocycles. The molecule has 0 nitrogen and oxygen atoms in total. The van der Waals surface area contributed by atoms with E-state index >= 15 is 0 Å². The average molecular weight is 278 g/mol. The molecular formula is C19H18S. The Kier molecular flexibility index (Phi) is 2.96. The van der Waals surface area contributed by atoms with Crippen molar-refractivity contribution in [2.24, 2.45) is 0 Å². The van der Waals surface area contributed by atoms with Crippen LogP contribution in [0.4, 0.5) is 0 Å². The molecule has 0 radical (unpaired) electrons. The van der Waals surface area contributed by atoms with Crippen LogP contribution in [0, 0.1) is 0 Å².